The van der Waals surface area contributed by atoms with Crippen molar-refractivity contribution in [1.29, 1.82) is 0 Å². The number of piperidine rings is 1. The maximum absolute atomic E-state index is 14.5. The number of aromatic nitrogens is 5. The zero-order valence-electron chi connectivity index (χ0n) is 20.9. The summed E-state index contributed by atoms with van der Waals surface area (Å²) in [6, 6.07) is 3.86. The summed E-state index contributed by atoms with van der Waals surface area (Å²) >= 11 is 0. The van der Waals surface area contributed by atoms with Crippen molar-refractivity contribution in [2.24, 2.45) is 5.73 Å². The topological polar surface area (TPSA) is 141 Å². The minimum atomic E-state index is -3.00. The van der Waals surface area contributed by atoms with E-state index in [1.807, 2.05) is 0 Å². The number of hydrogen-bond acceptors (Lipinski definition) is 9. The Balaban J connectivity index is 1.59. The fourth-order valence-electron chi connectivity index (χ4n) is 4.97. The number of imidazole rings is 1. The molecule has 14 heteroatoms. The zero-order chi connectivity index (χ0) is 27.9. The Kier molecular flexibility index (Phi) is 6.99. The molecule has 3 aromatic heterocycles. The molecule has 1 aliphatic rings. The van der Waals surface area contributed by atoms with Gasteiger partial charge >= 0.3 is 0 Å². The Morgan fingerprint density at radius 3 is 2.56 bits per heavy atom. The van der Waals surface area contributed by atoms with Crippen LogP contribution in [0.5, 0.6) is 5.75 Å². The first-order valence-corrected chi connectivity index (χ1v) is 12.0. The summed E-state index contributed by atoms with van der Waals surface area (Å²) in [5, 5.41) is 10.1. The molecule has 1 saturated heterocycles. The number of alkyl halides is 2. The third-order valence-corrected chi connectivity index (χ3v) is 6.96. The Hall–Kier alpha value is -4.04. The highest BCUT2D eigenvalue weighted by Crippen LogP contribution is 2.34. The first kappa shape index (κ1) is 26.6. The number of nitrogens with two attached hydrogens (primary N) is 2. The molecule has 10 nitrogen and oxygen atoms in total. The highest BCUT2D eigenvalue weighted by molar-refractivity contribution is 5.81. The largest absolute Gasteiger partial charge is 0.491 e. The summed E-state index contributed by atoms with van der Waals surface area (Å²) < 4.78 is 62.2. The van der Waals surface area contributed by atoms with Crippen molar-refractivity contribution in [3.63, 3.8) is 0 Å². The number of aliphatic hydroxyl groups is 1. The first-order valence-electron chi connectivity index (χ1n) is 12.0. The molecule has 39 heavy (non-hydrogen) atoms. The van der Waals surface area contributed by atoms with Gasteiger partial charge in [0.15, 0.2) is 28.8 Å². The van der Waals surface area contributed by atoms with Crippen molar-refractivity contribution in [2.45, 2.75) is 37.5 Å². The smallest absolute Gasteiger partial charge is 0.265 e. The molecule has 0 radical (unpaired) electrons. The van der Waals surface area contributed by atoms with E-state index in [0.29, 0.717) is 35.4 Å². The summed E-state index contributed by atoms with van der Waals surface area (Å²) in [6.45, 7) is 0.580. The van der Waals surface area contributed by atoms with Gasteiger partial charge in [0.05, 0.1) is 43.1 Å². The number of methoxy groups -OCH3 is 1. The highest BCUT2D eigenvalue weighted by atomic mass is 19.3. The number of nitrogen functional groups attached to an aromatic ring is 1. The second-order valence-electron chi connectivity index (χ2n) is 9.51. The Morgan fingerprint density at radius 2 is 1.87 bits per heavy atom. The summed E-state index contributed by atoms with van der Waals surface area (Å²) in [5.41, 5.74) is 13.1. The van der Waals surface area contributed by atoms with Gasteiger partial charge in [0.2, 0.25) is 0 Å². The van der Waals surface area contributed by atoms with Crippen LogP contribution in [-0.4, -0.2) is 67.9 Å². The van der Waals surface area contributed by atoms with Gasteiger partial charge in [-0.15, -0.1) is 0 Å². The van der Waals surface area contributed by atoms with E-state index in [0.717, 1.165) is 12.1 Å². The van der Waals surface area contributed by atoms with E-state index in [4.69, 9.17) is 16.2 Å². The molecule has 4 aromatic rings. The van der Waals surface area contributed by atoms with Crippen LogP contribution in [-0.2, 0) is 6.54 Å². The Bertz CT molecular complexity index is 1490. The molecule has 5 rings (SSSR count). The third kappa shape index (κ3) is 4.92. The van der Waals surface area contributed by atoms with Gasteiger partial charge in [-0.1, -0.05) is 0 Å². The van der Waals surface area contributed by atoms with Crippen LogP contribution in [0.1, 0.15) is 18.4 Å². The van der Waals surface area contributed by atoms with Crippen molar-refractivity contribution in [1.82, 2.24) is 24.5 Å². The van der Waals surface area contributed by atoms with Crippen LogP contribution in [0.3, 0.4) is 0 Å². The summed E-state index contributed by atoms with van der Waals surface area (Å²) in [4.78, 5) is 18.7. The van der Waals surface area contributed by atoms with Crippen molar-refractivity contribution >= 4 is 22.7 Å². The van der Waals surface area contributed by atoms with Crippen molar-refractivity contribution in [3.8, 4) is 17.0 Å². The molecular weight excluding hydrogens is 520 g/mol. The standard InChI is InChI=1S/C25H26F4N8O2/c1-39-20-15(26)5-13(6-16(20)27)17-7-14(9-37-12-35-19-23(30)33-11-34-24(19)37)18(8-32-17)36-4-2-3-25(31,10-36)21(38)22(28)29/h5-8,11-12,21-22,38H,2-4,9-10,31H2,1H3,(H2,30,33,34)/t21-,25?/m0/s1. The summed E-state index contributed by atoms with van der Waals surface area (Å²) in [5.74, 6) is -2.10. The molecule has 1 unspecified atom stereocenters. The van der Waals surface area contributed by atoms with Gasteiger partial charge in [-0.2, -0.15) is 0 Å². The molecule has 4 heterocycles. The van der Waals surface area contributed by atoms with Crippen LogP contribution in [0, 0.1) is 11.6 Å². The van der Waals surface area contributed by atoms with E-state index < -0.39 is 35.5 Å². The molecule has 206 valence electrons. The van der Waals surface area contributed by atoms with Gasteiger partial charge in [0.1, 0.15) is 17.9 Å². The lowest BCUT2D eigenvalue weighted by atomic mass is 9.84. The lowest BCUT2D eigenvalue weighted by molar-refractivity contribution is -0.0529. The molecular formula is C25H26F4N8O2. The maximum Gasteiger partial charge on any atom is 0.265 e. The van der Waals surface area contributed by atoms with Gasteiger partial charge in [-0.05, 0) is 36.6 Å². The Labute approximate surface area is 220 Å². The lowest BCUT2D eigenvalue weighted by Crippen LogP contribution is -2.63. The predicted molar refractivity (Wildman–Crippen MR) is 135 cm³/mol. The minimum absolute atomic E-state index is 0.0574. The number of halogens is 4. The highest BCUT2D eigenvalue weighted by Gasteiger charge is 2.43. The Morgan fingerprint density at radius 1 is 1.13 bits per heavy atom. The second-order valence-corrected chi connectivity index (χ2v) is 9.51. The van der Waals surface area contributed by atoms with Crippen molar-refractivity contribution in [3.05, 3.63) is 54.2 Å². The molecule has 1 aromatic carbocycles. The van der Waals surface area contributed by atoms with E-state index in [9.17, 15) is 22.7 Å². The number of ether oxygens (including phenoxy) is 1. The molecule has 0 aliphatic carbocycles. The summed E-state index contributed by atoms with van der Waals surface area (Å²) in [6.07, 6.45) is -0.0342. The number of aliphatic hydroxyl groups excluding tert-OH is 1. The van der Waals surface area contributed by atoms with Crippen LogP contribution in [0.25, 0.3) is 22.4 Å². The monoisotopic (exact) mass is 546 g/mol. The molecule has 0 spiro atoms. The van der Waals surface area contributed by atoms with Gasteiger partial charge in [-0.3, -0.25) is 4.98 Å². The molecule has 0 amide bonds. The first-order chi connectivity index (χ1) is 18.6. The number of pyridine rings is 1. The average Bonchev–Trinajstić information content (AvgIpc) is 3.32. The van der Waals surface area contributed by atoms with Gasteiger partial charge < -0.3 is 30.8 Å². The number of nitrogens with zero attached hydrogens (tertiary/aromatic N) is 6. The normalized spacial score (nSPS) is 18.6. The number of hydrogen-bond donors (Lipinski definition) is 3. The van der Waals surface area contributed by atoms with Gasteiger partial charge in [0, 0.05) is 18.7 Å². The van der Waals surface area contributed by atoms with Crippen LogP contribution < -0.4 is 21.1 Å². The predicted octanol–water partition coefficient (Wildman–Crippen LogP) is 2.73. The fourth-order valence-corrected chi connectivity index (χ4v) is 4.97. The van der Waals surface area contributed by atoms with Gasteiger partial charge in [0.25, 0.3) is 6.43 Å². The number of anilines is 2. The van der Waals surface area contributed by atoms with Crippen LogP contribution in [0.4, 0.5) is 29.1 Å². The molecule has 2 atom stereocenters. The van der Waals surface area contributed by atoms with E-state index in [-0.39, 0.29) is 36.6 Å². The molecule has 1 fully saturated rings. The number of fused-ring (bicyclic) bond motifs is 1. The molecule has 0 bridgehead atoms. The lowest BCUT2D eigenvalue weighted by Gasteiger charge is -2.44. The number of benzene rings is 1. The molecule has 1 aliphatic heterocycles. The number of rotatable bonds is 7. The third-order valence-electron chi connectivity index (χ3n) is 6.96. The van der Waals surface area contributed by atoms with Crippen LogP contribution in [0.2, 0.25) is 0 Å². The SMILES string of the molecule is COc1c(F)cc(-c2cc(Cn3cnc4c(N)ncnc43)c(N3CCCC(N)([C@@H](O)C(F)F)C3)cn2)cc1F. The van der Waals surface area contributed by atoms with Crippen LogP contribution in [0.15, 0.2) is 37.1 Å². The minimum Gasteiger partial charge on any atom is -0.491 e. The van der Waals surface area contributed by atoms with Crippen molar-refractivity contribution in [2.75, 3.05) is 30.8 Å². The van der Waals surface area contributed by atoms with Crippen molar-refractivity contribution < 1.29 is 27.4 Å². The quantitative estimate of drug-likeness (QED) is 0.298. The molecule has 0 saturated carbocycles. The van der Waals surface area contributed by atoms with Gasteiger partial charge in [-0.25, -0.2) is 32.5 Å². The second kappa shape index (κ2) is 10.3. The van der Waals surface area contributed by atoms with E-state index in [1.165, 1.54) is 26.0 Å². The van der Waals surface area contributed by atoms with E-state index in [2.05, 4.69) is 19.9 Å². The zero-order valence-corrected chi connectivity index (χ0v) is 20.9. The maximum atomic E-state index is 14.5. The van der Waals surface area contributed by atoms with Crippen LogP contribution >= 0.6 is 0 Å². The summed E-state index contributed by atoms with van der Waals surface area (Å²) in [7, 11) is 1.17. The molecule has 5 N–H and O–H groups in total. The fraction of sp³-hybridized carbons (Fsp3) is 0.360. The van der Waals surface area contributed by atoms with E-state index in [1.54, 1.807) is 15.5 Å². The average molecular weight is 547 g/mol. The van der Waals surface area contributed by atoms with E-state index >= 15 is 0 Å².